The largest absolute Gasteiger partial charge is 0.270 e. The molecule has 0 radical (unpaired) electrons. The molecule has 0 saturated heterocycles. The predicted octanol–water partition coefficient (Wildman–Crippen LogP) is 4.90. The first-order chi connectivity index (χ1) is 9.99. The highest BCUT2D eigenvalue weighted by Crippen LogP contribution is 2.43. The molecular weight excluding hydrogens is 288 g/mol. The Morgan fingerprint density at radius 2 is 2.33 bits per heavy atom. The molecule has 1 aliphatic carbocycles. The molecule has 2 atom stereocenters. The van der Waals surface area contributed by atoms with Crippen molar-refractivity contribution in [3.05, 3.63) is 38.9 Å². The maximum absolute atomic E-state index is 10.8. The molecule has 2 unspecified atom stereocenters. The number of rotatable bonds is 4. The molecule has 1 fully saturated rings. The van der Waals surface area contributed by atoms with Gasteiger partial charge in [0.1, 0.15) is 0 Å². The molecular formula is C16H19ClN2O2. The fraction of sp³-hybridized carbons (Fsp3) is 0.562. The van der Waals surface area contributed by atoms with Crippen LogP contribution in [0.2, 0.25) is 5.02 Å². The Labute approximate surface area is 129 Å². The second-order valence-electron chi connectivity index (χ2n) is 5.97. The smallest absolute Gasteiger partial charge is 0.258 e. The van der Waals surface area contributed by atoms with Gasteiger partial charge in [0.2, 0.25) is 0 Å². The minimum absolute atomic E-state index is 0.00941. The summed E-state index contributed by atoms with van der Waals surface area (Å²) >= 11 is 6.17. The van der Waals surface area contributed by atoms with E-state index in [1.165, 1.54) is 18.6 Å². The van der Waals surface area contributed by atoms with Gasteiger partial charge >= 0.3 is 0 Å². The molecule has 21 heavy (non-hydrogen) atoms. The quantitative estimate of drug-likeness (QED) is 0.587. The minimum atomic E-state index is -0.455. The van der Waals surface area contributed by atoms with Gasteiger partial charge in [-0.15, -0.1) is 0 Å². The number of hydrogen-bond donors (Lipinski definition) is 0. The molecule has 0 N–H and O–H groups in total. The van der Waals surface area contributed by atoms with E-state index < -0.39 is 4.92 Å². The number of nitriles is 1. The summed E-state index contributed by atoms with van der Waals surface area (Å²) in [4.78, 5) is 10.3. The third-order valence-electron chi connectivity index (χ3n) is 4.54. The number of non-ortho nitro benzene ring substituents is 1. The van der Waals surface area contributed by atoms with E-state index >= 15 is 0 Å². The highest BCUT2D eigenvalue weighted by molar-refractivity contribution is 6.31. The van der Waals surface area contributed by atoms with E-state index in [2.05, 4.69) is 13.0 Å². The van der Waals surface area contributed by atoms with Crippen molar-refractivity contribution >= 4 is 17.3 Å². The van der Waals surface area contributed by atoms with Crippen molar-refractivity contribution in [1.29, 1.82) is 5.26 Å². The number of benzene rings is 1. The highest BCUT2D eigenvalue weighted by Gasteiger charge is 2.36. The van der Waals surface area contributed by atoms with Gasteiger partial charge in [-0.3, -0.25) is 10.1 Å². The second-order valence-corrected chi connectivity index (χ2v) is 6.38. The van der Waals surface area contributed by atoms with Crippen LogP contribution in [0.5, 0.6) is 0 Å². The van der Waals surface area contributed by atoms with Gasteiger partial charge in [-0.05, 0) is 30.7 Å². The first kappa shape index (κ1) is 15.8. The summed E-state index contributed by atoms with van der Waals surface area (Å²) in [7, 11) is 0. The van der Waals surface area contributed by atoms with Gasteiger partial charge in [-0.2, -0.15) is 5.26 Å². The fourth-order valence-electron chi connectivity index (χ4n) is 3.29. The van der Waals surface area contributed by atoms with E-state index in [0.717, 1.165) is 31.2 Å². The van der Waals surface area contributed by atoms with Gasteiger partial charge in [0.05, 0.1) is 21.4 Å². The summed E-state index contributed by atoms with van der Waals surface area (Å²) in [5.41, 5.74) is 0.448. The van der Waals surface area contributed by atoms with Crippen LogP contribution in [-0.2, 0) is 6.42 Å². The summed E-state index contributed by atoms with van der Waals surface area (Å²) in [6.07, 6.45) is 5.71. The van der Waals surface area contributed by atoms with Crippen molar-refractivity contribution in [1.82, 2.24) is 0 Å². The zero-order valence-electron chi connectivity index (χ0n) is 12.1. The van der Waals surface area contributed by atoms with Gasteiger partial charge < -0.3 is 0 Å². The molecule has 0 aliphatic heterocycles. The van der Waals surface area contributed by atoms with E-state index in [9.17, 15) is 15.4 Å². The summed E-state index contributed by atoms with van der Waals surface area (Å²) in [6.45, 7) is 2.16. The molecule has 1 aromatic rings. The summed E-state index contributed by atoms with van der Waals surface area (Å²) in [5, 5.41) is 20.8. The predicted molar refractivity (Wildman–Crippen MR) is 82.1 cm³/mol. The number of nitrogens with zero attached hydrogens (tertiary/aromatic N) is 2. The van der Waals surface area contributed by atoms with E-state index in [0.29, 0.717) is 17.4 Å². The molecule has 5 heteroatoms. The van der Waals surface area contributed by atoms with Crippen LogP contribution in [0.4, 0.5) is 5.69 Å². The SMILES string of the molecule is CCC1CCCC(C#N)(Cc2ccc([N+](=O)[O-])cc2Cl)C1. The topological polar surface area (TPSA) is 66.9 Å². The van der Waals surface area contributed by atoms with Crippen LogP contribution < -0.4 is 0 Å². The number of nitro benzene ring substituents is 1. The van der Waals surface area contributed by atoms with Crippen LogP contribution in [0, 0.1) is 32.8 Å². The third-order valence-corrected chi connectivity index (χ3v) is 4.89. The van der Waals surface area contributed by atoms with Crippen molar-refractivity contribution < 1.29 is 4.92 Å². The van der Waals surface area contributed by atoms with Crippen molar-refractivity contribution in [2.75, 3.05) is 0 Å². The number of halogens is 1. The Hall–Kier alpha value is -1.60. The van der Waals surface area contributed by atoms with Crippen LogP contribution in [-0.4, -0.2) is 4.92 Å². The van der Waals surface area contributed by atoms with Crippen LogP contribution >= 0.6 is 11.6 Å². The van der Waals surface area contributed by atoms with Gasteiger partial charge in [-0.1, -0.05) is 43.9 Å². The summed E-state index contributed by atoms with van der Waals surface area (Å²) in [5.74, 6) is 0.593. The first-order valence-electron chi connectivity index (χ1n) is 7.34. The Balaban J connectivity index is 2.23. The van der Waals surface area contributed by atoms with Gasteiger partial charge in [-0.25, -0.2) is 0 Å². The first-order valence-corrected chi connectivity index (χ1v) is 7.71. The Bertz CT molecular complexity index is 582. The molecule has 0 aromatic heterocycles. The lowest BCUT2D eigenvalue weighted by atomic mass is 9.67. The fourth-order valence-corrected chi connectivity index (χ4v) is 3.54. The molecule has 1 aromatic carbocycles. The van der Waals surface area contributed by atoms with Crippen LogP contribution in [0.15, 0.2) is 18.2 Å². The summed E-state index contributed by atoms with van der Waals surface area (Å²) < 4.78 is 0. The Morgan fingerprint density at radius 3 is 2.90 bits per heavy atom. The average Bonchev–Trinajstić information content (AvgIpc) is 2.49. The zero-order chi connectivity index (χ0) is 15.5. The summed E-state index contributed by atoms with van der Waals surface area (Å²) in [6, 6.07) is 7.03. The van der Waals surface area contributed by atoms with E-state index in [-0.39, 0.29) is 11.1 Å². The van der Waals surface area contributed by atoms with E-state index in [1.807, 2.05) is 0 Å². The van der Waals surface area contributed by atoms with Crippen molar-refractivity contribution in [3.8, 4) is 6.07 Å². The highest BCUT2D eigenvalue weighted by atomic mass is 35.5. The molecule has 1 aliphatic rings. The van der Waals surface area contributed by atoms with Crippen molar-refractivity contribution in [3.63, 3.8) is 0 Å². The number of nitro groups is 1. The molecule has 0 bridgehead atoms. The maximum Gasteiger partial charge on any atom is 0.270 e. The molecule has 4 nitrogen and oxygen atoms in total. The molecule has 0 heterocycles. The molecule has 1 saturated carbocycles. The zero-order valence-corrected chi connectivity index (χ0v) is 12.9. The van der Waals surface area contributed by atoms with Crippen molar-refractivity contribution in [2.24, 2.45) is 11.3 Å². The Kier molecular flexibility index (Phi) is 4.84. The average molecular weight is 307 g/mol. The van der Waals surface area contributed by atoms with Crippen LogP contribution in [0.1, 0.15) is 44.6 Å². The maximum atomic E-state index is 10.8. The lowest BCUT2D eigenvalue weighted by molar-refractivity contribution is -0.384. The van der Waals surface area contributed by atoms with Gasteiger partial charge in [0, 0.05) is 12.1 Å². The Morgan fingerprint density at radius 1 is 1.57 bits per heavy atom. The van der Waals surface area contributed by atoms with Crippen molar-refractivity contribution in [2.45, 2.75) is 45.4 Å². The molecule has 0 spiro atoms. The monoisotopic (exact) mass is 306 g/mol. The van der Waals surface area contributed by atoms with Gasteiger partial charge in [0.15, 0.2) is 0 Å². The molecule has 0 amide bonds. The standard InChI is InChI=1S/C16H19ClN2O2/c1-2-12-4-3-7-16(9-12,11-18)10-13-5-6-14(19(20)21)8-15(13)17/h5-6,8,12H,2-4,7,9-10H2,1H3. The normalized spacial score (nSPS) is 25.3. The van der Waals surface area contributed by atoms with E-state index in [4.69, 9.17) is 11.6 Å². The number of hydrogen-bond acceptors (Lipinski definition) is 3. The van der Waals surface area contributed by atoms with Gasteiger partial charge in [0.25, 0.3) is 5.69 Å². The van der Waals surface area contributed by atoms with E-state index in [1.54, 1.807) is 6.07 Å². The lowest BCUT2D eigenvalue weighted by Gasteiger charge is -2.35. The molecule has 112 valence electrons. The van der Waals surface area contributed by atoms with Crippen LogP contribution in [0.25, 0.3) is 0 Å². The molecule has 2 rings (SSSR count). The minimum Gasteiger partial charge on any atom is -0.258 e. The second kappa shape index (κ2) is 6.44. The van der Waals surface area contributed by atoms with Crippen LogP contribution in [0.3, 0.4) is 0 Å². The third kappa shape index (κ3) is 3.54. The lowest BCUT2D eigenvalue weighted by Crippen LogP contribution is -2.29.